The van der Waals surface area contributed by atoms with Crippen LogP contribution in [-0.4, -0.2) is 17.7 Å². The first kappa shape index (κ1) is 20.2. The van der Waals surface area contributed by atoms with Crippen LogP contribution >= 0.6 is 0 Å². The van der Waals surface area contributed by atoms with E-state index in [4.69, 9.17) is 0 Å². The summed E-state index contributed by atoms with van der Waals surface area (Å²) in [7, 11) is 0. The van der Waals surface area contributed by atoms with Crippen LogP contribution in [0.3, 0.4) is 0 Å². The number of unbranched alkanes of at least 4 members (excludes halogenated alkanes) is 1. The van der Waals surface area contributed by atoms with Crippen LogP contribution in [0, 0.1) is 0 Å². The van der Waals surface area contributed by atoms with Crippen LogP contribution < -0.4 is 5.32 Å². The van der Waals surface area contributed by atoms with Crippen molar-refractivity contribution in [1.82, 2.24) is 5.32 Å². The predicted molar refractivity (Wildman–Crippen MR) is 98.6 cm³/mol. The minimum Gasteiger partial charge on any atom is -0.386 e. The molecule has 2 aromatic rings. The Morgan fingerprint density at radius 2 is 1.69 bits per heavy atom. The van der Waals surface area contributed by atoms with Gasteiger partial charge in [-0.05, 0) is 35.7 Å². The zero-order chi connectivity index (χ0) is 19.2. The Labute approximate surface area is 152 Å². The summed E-state index contributed by atoms with van der Waals surface area (Å²) < 4.78 is 40.0. The first-order valence-corrected chi connectivity index (χ1v) is 8.68. The molecular weight excluding hydrogens is 339 g/mol. The standard InChI is InChI=1S/C21H24F3NO/c1-3-4-14-25-19(15(2)16-10-6-5-7-11-16)20(26)17-12-8-9-13-18(17)21(22,23)24/h5-13,19-20,25-26H,2-4,14H2,1H3/t19-,20+/m1/s1. The van der Waals surface area contributed by atoms with Crippen molar-refractivity contribution < 1.29 is 18.3 Å². The average molecular weight is 363 g/mol. The second-order valence-electron chi connectivity index (χ2n) is 6.21. The number of benzene rings is 2. The fraction of sp³-hybridized carbons (Fsp3) is 0.333. The summed E-state index contributed by atoms with van der Waals surface area (Å²) in [5.41, 5.74) is 0.373. The van der Waals surface area contributed by atoms with Gasteiger partial charge >= 0.3 is 6.18 Å². The Bertz CT molecular complexity index is 713. The van der Waals surface area contributed by atoms with E-state index in [9.17, 15) is 18.3 Å². The minimum absolute atomic E-state index is 0.147. The molecule has 0 bridgehead atoms. The van der Waals surface area contributed by atoms with E-state index in [1.807, 2.05) is 37.3 Å². The van der Waals surface area contributed by atoms with Crippen LogP contribution in [0.25, 0.3) is 5.57 Å². The van der Waals surface area contributed by atoms with E-state index in [0.717, 1.165) is 24.5 Å². The monoisotopic (exact) mass is 363 g/mol. The highest BCUT2D eigenvalue weighted by atomic mass is 19.4. The van der Waals surface area contributed by atoms with Crippen molar-refractivity contribution in [3.8, 4) is 0 Å². The van der Waals surface area contributed by atoms with Gasteiger partial charge in [-0.2, -0.15) is 13.2 Å². The Morgan fingerprint density at radius 1 is 1.08 bits per heavy atom. The summed E-state index contributed by atoms with van der Waals surface area (Å²) in [6.45, 7) is 6.65. The molecule has 0 heterocycles. The SMILES string of the molecule is C=C(c1ccccc1)[C@@H](NCCCC)[C@@H](O)c1ccccc1C(F)(F)F. The number of nitrogens with one attached hydrogen (secondary N) is 1. The molecule has 26 heavy (non-hydrogen) atoms. The Kier molecular flexibility index (Phi) is 7.00. The van der Waals surface area contributed by atoms with Crippen molar-refractivity contribution in [2.75, 3.05) is 6.54 Å². The van der Waals surface area contributed by atoms with Crippen molar-refractivity contribution in [2.45, 2.75) is 38.1 Å². The summed E-state index contributed by atoms with van der Waals surface area (Å²) in [4.78, 5) is 0. The van der Waals surface area contributed by atoms with Gasteiger partial charge in [0.05, 0.1) is 17.7 Å². The summed E-state index contributed by atoms with van der Waals surface area (Å²) >= 11 is 0. The molecule has 2 rings (SSSR count). The van der Waals surface area contributed by atoms with Crippen molar-refractivity contribution >= 4 is 5.57 Å². The zero-order valence-electron chi connectivity index (χ0n) is 14.8. The van der Waals surface area contributed by atoms with Crippen LogP contribution in [0.5, 0.6) is 0 Å². The van der Waals surface area contributed by atoms with Crippen LogP contribution in [0.2, 0.25) is 0 Å². The van der Waals surface area contributed by atoms with Gasteiger partial charge in [-0.3, -0.25) is 0 Å². The van der Waals surface area contributed by atoms with Gasteiger partial charge in [0.2, 0.25) is 0 Å². The number of alkyl halides is 3. The smallest absolute Gasteiger partial charge is 0.386 e. The lowest BCUT2D eigenvalue weighted by atomic mass is 9.89. The third-order valence-corrected chi connectivity index (χ3v) is 4.32. The molecule has 140 valence electrons. The molecule has 0 aliphatic rings. The number of hydrogen-bond acceptors (Lipinski definition) is 2. The van der Waals surface area contributed by atoms with E-state index in [0.29, 0.717) is 12.1 Å². The molecule has 5 heteroatoms. The molecule has 0 aliphatic carbocycles. The van der Waals surface area contributed by atoms with E-state index in [2.05, 4.69) is 11.9 Å². The molecule has 2 atom stereocenters. The third kappa shape index (κ3) is 4.96. The first-order valence-electron chi connectivity index (χ1n) is 8.68. The molecule has 2 N–H and O–H groups in total. The predicted octanol–water partition coefficient (Wildman–Crippen LogP) is 5.21. The average Bonchev–Trinajstić information content (AvgIpc) is 2.64. The van der Waals surface area contributed by atoms with E-state index < -0.39 is 23.9 Å². The Balaban J connectivity index is 2.38. The van der Waals surface area contributed by atoms with Crippen molar-refractivity contribution in [1.29, 1.82) is 0 Å². The normalized spacial score (nSPS) is 14.0. The Hall–Kier alpha value is -2.11. The maximum Gasteiger partial charge on any atom is 0.416 e. The van der Waals surface area contributed by atoms with Gasteiger partial charge in [0.15, 0.2) is 0 Å². The molecule has 0 fully saturated rings. The molecule has 0 saturated heterocycles. The van der Waals surface area contributed by atoms with E-state index >= 15 is 0 Å². The van der Waals surface area contributed by atoms with Gasteiger partial charge in [0.25, 0.3) is 0 Å². The summed E-state index contributed by atoms with van der Waals surface area (Å²) in [6, 6.07) is 13.6. The quantitative estimate of drug-likeness (QED) is 0.631. The molecule has 2 aromatic carbocycles. The first-order chi connectivity index (χ1) is 12.4. The molecule has 0 unspecified atom stereocenters. The lowest BCUT2D eigenvalue weighted by Gasteiger charge is -2.28. The summed E-state index contributed by atoms with van der Waals surface area (Å²) in [5.74, 6) is 0. The number of aliphatic hydroxyl groups excluding tert-OH is 1. The topological polar surface area (TPSA) is 32.3 Å². The molecule has 0 radical (unpaired) electrons. The molecular formula is C21H24F3NO. The maximum atomic E-state index is 13.3. The molecule has 0 amide bonds. The van der Waals surface area contributed by atoms with Crippen LogP contribution in [0.1, 0.15) is 42.6 Å². The highest BCUT2D eigenvalue weighted by Crippen LogP contribution is 2.37. The second kappa shape index (κ2) is 9.01. The van der Waals surface area contributed by atoms with Crippen LogP contribution in [0.15, 0.2) is 61.2 Å². The van der Waals surface area contributed by atoms with E-state index in [-0.39, 0.29) is 5.56 Å². The maximum absolute atomic E-state index is 13.3. The lowest BCUT2D eigenvalue weighted by molar-refractivity contribution is -0.139. The molecule has 2 nitrogen and oxygen atoms in total. The number of halogens is 3. The largest absolute Gasteiger partial charge is 0.416 e. The van der Waals surface area contributed by atoms with Crippen molar-refractivity contribution in [3.05, 3.63) is 77.9 Å². The second-order valence-corrected chi connectivity index (χ2v) is 6.21. The highest BCUT2D eigenvalue weighted by Gasteiger charge is 2.36. The summed E-state index contributed by atoms with van der Waals surface area (Å²) in [6.07, 6.45) is -4.10. The van der Waals surface area contributed by atoms with Crippen molar-refractivity contribution in [3.63, 3.8) is 0 Å². The van der Waals surface area contributed by atoms with E-state index in [1.165, 1.54) is 18.2 Å². The summed E-state index contributed by atoms with van der Waals surface area (Å²) in [5, 5.41) is 14.0. The number of rotatable bonds is 8. The van der Waals surface area contributed by atoms with E-state index in [1.54, 1.807) is 0 Å². The van der Waals surface area contributed by atoms with Gasteiger partial charge in [-0.1, -0.05) is 68.5 Å². The zero-order valence-corrected chi connectivity index (χ0v) is 14.8. The third-order valence-electron chi connectivity index (χ3n) is 4.32. The van der Waals surface area contributed by atoms with Crippen LogP contribution in [-0.2, 0) is 6.18 Å². The Morgan fingerprint density at radius 3 is 2.31 bits per heavy atom. The van der Waals surface area contributed by atoms with Crippen LogP contribution in [0.4, 0.5) is 13.2 Å². The lowest BCUT2D eigenvalue weighted by Crippen LogP contribution is -2.37. The number of aliphatic hydroxyl groups is 1. The molecule has 0 saturated carbocycles. The highest BCUT2D eigenvalue weighted by molar-refractivity contribution is 5.68. The molecule has 0 spiro atoms. The van der Waals surface area contributed by atoms with Gasteiger partial charge in [-0.15, -0.1) is 0 Å². The minimum atomic E-state index is -4.53. The molecule has 0 aliphatic heterocycles. The van der Waals surface area contributed by atoms with Gasteiger partial charge in [-0.25, -0.2) is 0 Å². The molecule has 0 aromatic heterocycles. The van der Waals surface area contributed by atoms with Gasteiger partial charge in [0, 0.05) is 0 Å². The van der Waals surface area contributed by atoms with Gasteiger partial charge in [0.1, 0.15) is 0 Å². The van der Waals surface area contributed by atoms with Gasteiger partial charge < -0.3 is 10.4 Å². The fourth-order valence-electron chi connectivity index (χ4n) is 2.88. The fourth-order valence-corrected chi connectivity index (χ4v) is 2.88. The number of hydrogen-bond donors (Lipinski definition) is 2. The van der Waals surface area contributed by atoms with Crippen molar-refractivity contribution in [2.24, 2.45) is 0 Å².